The van der Waals surface area contributed by atoms with Crippen LogP contribution in [0.15, 0.2) is 18.2 Å². The number of amides is 2. The van der Waals surface area contributed by atoms with Crippen molar-refractivity contribution in [3.63, 3.8) is 0 Å². The third-order valence-corrected chi connectivity index (χ3v) is 5.56. The number of amidine groups is 1. The summed E-state index contributed by atoms with van der Waals surface area (Å²) in [5.74, 6) is 0.0347. The van der Waals surface area contributed by atoms with E-state index in [1.165, 1.54) is 36.3 Å². The zero-order chi connectivity index (χ0) is 16.2. The third-order valence-electron chi connectivity index (χ3n) is 5.56. The third kappa shape index (κ3) is 2.40. The van der Waals surface area contributed by atoms with Gasteiger partial charge in [-0.2, -0.15) is 4.90 Å². The van der Waals surface area contributed by atoms with Gasteiger partial charge in [-0.05, 0) is 42.7 Å². The molecule has 23 heavy (non-hydrogen) atoms. The summed E-state index contributed by atoms with van der Waals surface area (Å²) in [5.41, 5.74) is 0.749. The van der Waals surface area contributed by atoms with Gasteiger partial charge in [-0.15, -0.1) is 0 Å². The molecule has 5 rings (SSSR count). The Morgan fingerprint density at radius 2 is 1.91 bits per heavy atom. The summed E-state index contributed by atoms with van der Waals surface area (Å²) in [7, 11) is 0. The number of rotatable bonds is 3. The molecule has 6 heteroatoms. The molecule has 0 unspecified atom stereocenters. The van der Waals surface area contributed by atoms with Crippen LogP contribution in [-0.4, -0.2) is 23.3 Å². The number of hydrogen-bond acceptors (Lipinski definition) is 1. The van der Waals surface area contributed by atoms with E-state index in [9.17, 15) is 13.6 Å². The summed E-state index contributed by atoms with van der Waals surface area (Å²) in [6.45, 7) is 0.663. The van der Waals surface area contributed by atoms with Gasteiger partial charge < -0.3 is 5.32 Å². The van der Waals surface area contributed by atoms with Crippen molar-refractivity contribution in [3.05, 3.63) is 35.4 Å². The number of hydrogen-bond donors (Lipinski definition) is 2. The number of nitrogens with one attached hydrogen (secondary N) is 1. The van der Waals surface area contributed by atoms with Crippen LogP contribution in [0.4, 0.5) is 13.6 Å². The van der Waals surface area contributed by atoms with Gasteiger partial charge in [-0.25, -0.2) is 13.6 Å². The molecule has 2 amide bonds. The van der Waals surface area contributed by atoms with Crippen molar-refractivity contribution >= 4 is 11.9 Å². The summed E-state index contributed by atoms with van der Waals surface area (Å²) in [5, 5.41) is 8.94. The Hall–Kier alpha value is -1.98. The lowest BCUT2D eigenvalue weighted by molar-refractivity contribution is -0.126. The topological polar surface area (TPSA) is 57.9 Å². The van der Waals surface area contributed by atoms with E-state index in [0.717, 1.165) is 12.0 Å². The molecule has 1 aromatic rings. The van der Waals surface area contributed by atoms with E-state index in [1.54, 1.807) is 0 Å². The highest BCUT2D eigenvalue weighted by atomic mass is 19.1. The van der Waals surface area contributed by atoms with Crippen LogP contribution in [0.2, 0.25) is 0 Å². The molecule has 4 fully saturated rings. The minimum atomic E-state index is -0.639. The lowest BCUT2D eigenvalue weighted by Crippen LogP contribution is -2.60. The minimum absolute atomic E-state index is 0.264. The maximum atomic E-state index is 13.5. The number of halogens is 2. The van der Waals surface area contributed by atoms with Crippen LogP contribution in [0.1, 0.15) is 43.7 Å². The molecular weight excluding hydrogens is 300 g/mol. The quantitative estimate of drug-likeness (QED) is 0.876. The van der Waals surface area contributed by atoms with E-state index in [1.807, 2.05) is 0 Å². The van der Waals surface area contributed by atoms with E-state index >= 15 is 0 Å². The normalized spacial score (nSPS) is 31.6. The van der Waals surface area contributed by atoms with E-state index < -0.39 is 17.7 Å². The molecule has 3 N–H and O–H groups in total. The van der Waals surface area contributed by atoms with Gasteiger partial charge in [0.1, 0.15) is 17.7 Å². The van der Waals surface area contributed by atoms with Crippen LogP contribution < -0.4 is 10.7 Å². The van der Waals surface area contributed by atoms with Crippen molar-refractivity contribution < 1.29 is 19.0 Å². The largest absolute Gasteiger partial charge is 0.409 e. The second-order valence-corrected chi connectivity index (χ2v) is 7.26. The molecule has 3 aliphatic carbocycles. The van der Waals surface area contributed by atoms with Gasteiger partial charge in [-0.3, -0.25) is 5.41 Å². The fourth-order valence-electron chi connectivity index (χ4n) is 4.31. The highest BCUT2D eigenvalue weighted by Crippen LogP contribution is 2.63. The zero-order valence-electron chi connectivity index (χ0n) is 12.8. The molecule has 1 aliphatic heterocycles. The van der Waals surface area contributed by atoms with Crippen LogP contribution in [0.5, 0.6) is 0 Å². The smallest absolute Gasteiger partial charge is 0.317 e. The first-order valence-corrected chi connectivity index (χ1v) is 8.10. The molecule has 0 spiro atoms. The maximum absolute atomic E-state index is 13.5. The van der Waals surface area contributed by atoms with Crippen LogP contribution in [0.3, 0.4) is 0 Å². The predicted molar refractivity (Wildman–Crippen MR) is 80.3 cm³/mol. The predicted octanol–water partition coefficient (Wildman–Crippen LogP) is 1.77. The van der Waals surface area contributed by atoms with Gasteiger partial charge in [0.15, 0.2) is 0 Å². The lowest BCUT2D eigenvalue weighted by atomic mass is 9.44. The molecule has 1 heterocycles. The Morgan fingerprint density at radius 3 is 2.48 bits per heavy atom. The first kappa shape index (κ1) is 14.6. The van der Waals surface area contributed by atoms with Gasteiger partial charge in [-0.1, -0.05) is 0 Å². The number of nitrogens with zero attached hydrogens (tertiary/aromatic N) is 1. The Balaban J connectivity index is 1.49. The summed E-state index contributed by atoms with van der Waals surface area (Å²) in [4.78, 5) is 14.0. The second kappa shape index (κ2) is 5.01. The number of urea groups is 1. The molecule has 4 aliphatic rings. The van der Waals surface area contributed by atoms with Gasteiger partial charge >= 0.3 is 6.03 Å². The van der Waals surface area contributed by atoms with Gasteiger partial charge in [0.2, 0.25) is 0 Å². The van der Waals surface area contributed by atoms with E-state index in [2.05, 4.69) is 5.32 Å². The monoisotopic (exact) mass is 320 g/mol. The SMILES string of the molecule is [NH2+]=C1CC[C@@H](c2cc(F)cc(F)c2)N1C(=O)NCC12CC(C1)C2. The number of nitrogens with two attached hydrogens (primary N) is 1. The van der Waals surface area contributed by atoms with Crippen molar-refractivity contribution in [3.8, 4) is 0 Å². The molecule has 1 saturated heterocycles. The van der Waals surface area contributed by atoms with E-state index in [-0.39, 0.29) is 6.03 Å². The van der Waals surface area contributed by atoms with Crippen LogP contribution >= 0.6 is 0 Å². The summed E-state index contributed by atoms with van der Waals surface area (Å²) in [6, 6.07) is 2.70. The van der Waals surface area contributed by atoms with Gasteiger partial charge in [0, 0.05) is 24.6 Å². The Labute approximate surface area is 133 Å². The molecule has 2 bridgehead atoms. The van der Waals surface area contributed by atoms with Crippen molar-refractivity contribution in [2.24, 2.45) is 11.3 Å². The molecular formula is C17H20F2N3O+. The minimum Gasteiger partial charge on any atom is -0.317 e. The zero-order valence-corrected chi connectivity index (χ0v) is 12.8. The highest BCUT2D eigenvalue weighted by molar-refractivity contribution is 5.96. The van der Waals surface area contributed by atoms with Crippen LogP contribution in [-0.2, 0) is 0 Å². The number of carbonyl (C=O) groups is 1. The van der Waals surface area contributed by atoms with Crippen molar-refractivity contribution in [2.45, 2.75) is 38.1 Å². The van der Waals surface area contributed by atoms with Crippen LogP contribution in [0, 0.1) is 23.0 Å². The first-order chi connectivity index (χ1) is 11.0. The first-order valence-electron chi connectivity index (χ1n) is 8.10. The molecule has 0 radical (unpaired) electrons. The summed E-state index contributed by atoms with van der Waals surface area (Å²) < 4.78 is 26.9. The Morgan fingerprint density at radius 1 is 1.26 bits per heavy atom. The van der Waals surface area contributed by atoms with Gasteiger partial charge in [0.05, 0.1) is 6.42 Å². The standard InChI is InChI=1S/C17H19F2N3O/c18-12-3-11(4-13(19)5-12)14-1-2-15(20)22(14)16(23)21-9-17-6-10(7-17)8-17/h3-5,10,14,20H,1-2,6-9H2,(H,21,23)/p+1/t10?,14-,17?/m0/s1. The number of benzene rings is 1. The Bertz CT molecular complexity index is 653. The molecule has 1 atom stereocenters. The molecule has 1 aromatic carbocycles. The average Bonchev–Trinajstić information content (AvgIpc) is 2.76. The second-order valence-electron chi connectivity index (χ2n) is 7.26. The molecule has 4 nitrogen and oxygen atoms in total. The molecule has 3 saturated carbocycles. The summed E-state index contributed by atoms with van der Waals surface area (Å²) in [6.07, 6.45) is 4.72. The van der Waals surface area contributed by atoms with E-state index in [0.29, 0.717) is 36.2 Å². The van der Waals surface area contributed by atoms with Crippen molar-refractivity contribution in [2.75, 3.05) is 6.54 Å². The van der Waals surface area contributed by atoms with Crippen molar-refractivity contribution in [1.82, 2.24) is 10.2 Å². The maximum Gasteiger partial charge on any atom is 0.409 e. The number of carbonyl (C=O) groups excluding carboxylic acids is 1. The van der Waals surface area contributed by atoms with Crippen LogP contribution in [0.25, 0.3) is 0 Å². The molecule has 0 aromatic heterocycles. The van der Waals surface area contributed by atoms with E-state index in [4.69, 9.17) is 5.41 Å². The fraction of sp³-hybridized carbons (Fsp3) is 0.529. The highest BCUT2D eigenvalue weighted by Gasteiger charge is 2.56. The average molecular weight is 320 g/mol. The summed E-state index contributed by atoms with van der Waals surface area (Å²) >= 11 is 0. The number of likely N-dealkylation sites (tertiary alicyclic amines) is 1. The molecule has 122 valence electrons. The fourth-order valence-corrected chi connectivity index (χ4v) is 4.31. The Kier molecular flexibility index (Phi) is 3.18. The van der Waals surface area contributed by atoms with Gasteiger partial charge in [0.25, 0.3) is 5.84 Å². The lowest BCUT2D eigenvalue weighted by Gasteiger charge is -2.61. The van der Waals surface area contributed by atoms with Crippen molar-refractivity contribution in [1.29, 1.82) is 0 Å².